The number of nitrogens with two attached hydrogens (primary N) is 1. The van der Waals surface area contributed by atoms with Crippen molar-refractivity contribution in [3.05, 3.63) is 29.8 Å². The summed E-state index contributed by atoms with van der Waals surface area (Å²) in [6, 6.07) is 7.91. The molecule has 0 saturated heterocycles. The van der Waals surface area contributed by atoms with Gasteiger partial charge in [-0.1, -0.05) is 19.1 Å². The minimum atomic E-state index is -0.339. The highest BCUT2D eigenvalue weighted by atomic mass is 16.5. The normalized spacial score (nSPS) is 15.8. The molecule has 1 aromatic carbocycles. The van der Waals surface area contributed by atoms with Gasteiger partial charge in [-0.25, -0.2) is 0 Å². The van der Waals surface area contributed by atoms with Crippen LogP contribution >= 0.6 is 0 Å². The molecule has 1 rings (SSSR count). The molecule has 0 saturated carbocycles. The van der Waals surface area contributed by atoms with Crippen molar-refractivity contribution in [2.45, 2.75) is 45.8 Å². The molecule has 0 aliphatic carbocycles. The van der Waals surface area contributed by atoms with E-state index in [-0.39, 0.29) is 11.6 Å². The molecule has 0 bridgehead atoms. The molecular formula is C15H26N2O2. The fourth-order valence-corrected chi connectivity index (χ4v) is 2.29. The van der Waals surface area contributed by atoms with Gasteiger partial charge in [0.05, 0.1) is 18.2 Å². The summed E-state index contributed by atoms with van der Waals surface area (Å²) in [5.41, 5.74) is 3.62. The van der Waals surface area contributed by atoms with Gasteiger partial charge < -0.3 is 9.47 Å². The zero-order valence-corrected chi connectivity index (χ0v) is 12.4. The maximum absolute atomic E-state index is 5.90. The van der Waals surface area contributed by atoms with Crippen LogP contribution in [-0.4, -0.2) is 18.8 Å². The molecule has 0 amide bonds. The monoisotopic (exact) mass is 266 g/mol. The molecule has 2 unspecified atom stereocenters. The van der Waals surface area contributed by atoms with E-state index in [0.29, 0.717) is 13.2 Å². The first kappa shape index (κ1) is 16.0. The highest BCUT2D eigenvalue weighted by Gasteiger charge is 2.34. The smallest absolute Gasteiger partial charge is 0.119 e. The van der Waals surface area contributed by atoms with Crippen LogP contribution in [0, 0.1) is 0 Å². The van der Waals surface area contributed by atoms with Crippen LogP contribution in [-0.2, 0) is 4.74 Å². The van der Waals surface area contributed by atoms with Gasteiger partial charge in [0.25, 0.3) is 0 Å². The topological polar surface area (TPSA) is 56.5 Å². The lowest BCUT2D eigenvalue weighted by Gasteiger charge is -2.36. The van der Waals surface area contributed by atoms with Crippen molar-refractivity contribution in [2.24, 2.45) is 5.84 Å². The molecule has 3 N–H and O–H groups in total. The molecule has 1 aromatic rings. The molecule has 0 radical (unpaired) electrons. The number of hydrogen-bond acceptors (Lipinski definition) is 4. The van der Waals surface area contributed by atoms with Gasteiger partial charge in [0.2, 0.25) is 0 Å². The fraction of sp³-hybridized carbons (Fsp3) is 0.600. The summed E-state index contributed by atoms with van der Waals surface area (Å²) in [4.78, 5) is 0. The van der Waals surface area contributed by atoms with E-state index in [1.165, 1.54) is 0 Å². The van der Waals surface area contributed by atoms with Crippen LogP contribution in [0.1, 0.15) is 45.7 Å². The number of hydrogen-bond donors (Lipinski definition) is 2. The van der Waals surface area contributed by atoms with Crippen LogP contribution < -0.4 is 16.0 Å². The Hall–Kier alpha value is -1.10. The van der Waals surface area contributed by atoms with E-state index in [1.807, 2.05) is 38.1 Å². The van der Waals surface area contributed by atoms with Crippen LogP contribution in [0.4, 0.5) is 0 Å². The lowest BCUT2D eigenvalue weighted by atomic mass is 9.88. The van der Waals surface area contributed by atoms with Gasteiger partial charge in [0.15, 0.2) is 0 Å². The summed E-state index contributed by atoms with van der Waals surface area (Å²) in [5.74, 6) is 6.61. The zero-order chi connectivity index (χ0) is 14.3. The van der Waals surface area contributed by atoms with Gasteiger partial charge in [0, 0.05) is 6.61 Å². The first-order chi connectivity index (χ1) is 9.11. The van der Waals surface area contributed by atoms with Crippen LogP contribution in [0.15, 0.2) is 24.3 Å². The SMILES string of the molecule is CCOc1cccc(C(NN)C(C)(CC)OCC)c1. The second-order valence-corrected chi connectivity index (χ2v) is 4.70. The van der Waals surface area contributed by atoms with Gasteiger partial charge in [-0.2, -0.15) is 0 Å². The van der Waals surface area contributed by atoms with Crippen molar-refractivity contribution in [1.29, 1.82) is 0 Å². The zero-order valence-electron chi connectivity index (χ0n) is 12.4. The second-order valence-electron chi connectivity index (χ2n) is 4.70. The van der Waals surface area contributed by atoms with Crippen LogP contribution in [0.5, 0.6) is 5.75 Å². The number of hydrazine groups is 1. The number of rotatable bonds is 8. The Labute approximate surface area is 116 Å². The van der Waals surface area contributed by atoms with E-state index in [9.17, 15) is 0 Å². The molecular weight excluding hydrogens is 240 g/mol. The number of benzene rings is 1. The Bertz CT molecular complexity index is 384. The summed E-state index contributed by atoms with van der Waals surface area (Å²) in [6.07, 6.45) is 0.870. The Morgan fingerprint density at radius 3 is 2.53 bits per heavy atom. The van der Waals surface area contributed by atoms with Gasteiger partial charge in [-0.15, -0.1) is 0 Å². The van der Waals surface area contributed by atoms with Crippen molar-refractivity contribution in [1.82, 2.24) is 5.43 Å². The third-order valence-electron chi connectivity index (χ3n) is 3.46. The largest absolute Gasteiger partial charge is 0.494 e. The Balaban J connectivity index is 3.04. The highest BCUT2D eigenvalue weighted by Crippen LogP contribution is 2.33. The number of ether oxygens (including phenoxy) is 2. The van der Waals surface area contributed by atoms with Gasteiger partial charge >= 0.3 is 0 Å². The van der Waals surface area contributed by atoms with E-state index < -0.39 is 0 Å². The van der Waals surface area contributed by atoms with Crippen LogP contribution in [0.3, 0.4) is 0 Å². The molecule has 0 aliphatic rings. The maximum atomic E-state index is 5.90. The van der Waals surface area contributed by atoms with E-state index in [1.54, 1.807) is 0 Å². The second kappa shape index (κ2) is 7.48. The molecule has 0 aliphatic heterocycles. The molecule has 4 nitrogen and oxygen atoms in total. The Kier molecular flexibility index (Phi) is 6.28. The van der Waals surface area contributed by atoms with E-state index in [0.717, 1.165) is 17.7 Å². The lowest BCUT2D eigenvalue weighted by Crippen LogP contribution is -2.46. The standard InChI is InChI=1S/C15H26N2O2/c1-5-15(4,19-7-3)14(17-16)12-9-8-10-13(11-12)18-6-2/h8-11,14,17H,5-7,16H2,1-4H3. The van der Waals surface area contributed by atoms with Crippen molar-refractivity contribution in [3.63, 3.8) is 0 Å². The van der Waals surface area contributed by atoms with Gasteiger partial charge in [-0.3, -0.25) is 11.3 Å². The third kappa shape index (κ3) is 3.93. The first-order valence-corrected chi connectivity index (χ1v) is 6.94. The van der Waals surface area contributed by atoms with E-state index in [2.05, 4.69) is 19.3 Å². The van der Waals surface area contributed by atoms with E-state index in [4.69, 9.17) is 15.3 Å². The lowest BCUT2D eigenvalue weighted by molar-refractivity contribution is -0.0564. The summed E-state index contributed by atoms with van der Waals surface area (Å²) in [5, 5.41) is 0. The summed E-state index contributed by atoms with van der Waals surface area (Å²) in [6.45, 7) is 9.47. The third-order valence-corrected chi connectivity index (χ3v) is 3.46. The molecule has 0 spiro atoms. The van der Waals surface area contributed by atoms with Crippen LogP contribution in [0.25, 0.3) is 0 Å². The van der Waals surface area contributed by atoms with Crippen molar-refractivity contribution < 1.29 is 9.47 Å². The highest BCUT2D eigenvalue weighted by molar-refractivity contribution is 5.32. The molecule has 0 fully saturated rings. The maximum Gasteiger partial charge on any atom is 0.119 e. The Morgan fingerprint density at radius 2 is 2.00 bits per heavy atom. The van der Waals surface area contributed by atoms with Crippen LogP contribution in [0.2, 0.25) is 0 Å². The molecule has 2 atom stereocenters. The Morgan fingerprint density at radius 1 is 1.26 bits per heavy atom. The van der Waals surface area contributed by atoms with Crippen molar-refractivity contribution in [3.8, 4) is 5.75 Å². The minimum Gasteiger partial charge on any atom is -0.494 e. The summed E-state index contributed by atoms with van der Waals surface area (Å²) in [7, 11) is 0. The predicted molar refractivity (Wildman–Crippen MR) is 78.0 cm³/mol. The quantitative estimate of drug-likeness (QED) is 0.561. The summed E-state index contributed by atoms with van der Waals surface area (Å²) < 4.78 is 11.4. The predicted octanol–water partition coefficient (Wildman–Crippen LogP) is 2.79. The van der Waals surface area contributed by atoms with Crippen molar-refractivity contribution in [2.75, 3.05) is 13.2 Å². The molecule has 0 heterocycles. The van der Waals surface area contributed by atoms with Crippen molar-refractivity contribution >= 4 is 0 Å². The average molecular weight is 266 g/mol. The van der Waals surface area contributed by atoms with E-state index >= 15 is 0 Å². The summed E-state index contributed by atoms with van der Waals surface area (Å²) >= 11 is 0. The van der Waals surface area contributed by atoms with Gasteiger partial charge in [0.1, 0.15) is 5.75 Å². The molecule has 4 heteroatoms. The first-order valence-electron chi connectivity index (χ1n) is 6.94. The fourth-order valence-electron chi connectivity index (χ4n) is 2.29. The molecule has 0 aromatic heterocycles. The molecule has 108 valence electrons. The average Bonchev–Trinajstić information content (AvgIpc) is 2.40. The molecule has 19 heavy (non-hydrogen) atoms. The minimum absolute atomic E-state index is 0.0714. The van der Waals surface area contributed by atoms with Gasteiger partial charge in [-0.05, 0) is 44.9 Å². The number of nitrogens with one attached hydrogen (secondary N) is 1.